The maximum absolute atomic E-state index is 13.6. The highest BCUT2D eigenvalue weighted by Crippen LogP contribution is 2.29. The van der Waals surface area contributed by atoms with Crippen LogP contribution in [0.2, 0.25) is 5.02 Å². The van der Waals surface area contributed by atoms with Crippen molar-refractivity contribution >= 4 is 33.2 Å². The Kier molecular flexibility index (Phi) is 6.17. The molecule has 10 heteroatoms. The van der Waals surface area contributed by atoms with Crippen molar-refractivity contribution in [3.8, 4) is 5.75 Å². The van der Waals surface area contributed by atoms with Crippen LogP contribution in [0, 0.1) is 11.6 Å². The van der Waals surface area contributed by atoms with Crippen LogP contribution in [-0.4, -0.2) is 39.3 Å². The van der Waals surface area contributed by atoms with Crippen LogP contribution in [-0.2, 0) is 14.8 Å². The second-order valence-corrected chi connectivity index (χ2v) is 7.65. The number of halogens is 3. The van der Waals surface area contributed by atoms with E-state index in [1.165, 1.54) is 25.3 Å². The monoisotopic (exact) mass is 404 g/mol. The first kappa shape index (κ1) is 20.1. The predicted octanol–water partition coefficient (Wildman–Crippen LogP) is 2.89. The number of methoxy groups -OCH3 is 1. The van der Waals surface area contributed by atoms with Crippen molar-refractivity contribution in [1.82, 2.24) is 4.31 Å². The third kappa shape index (κ3) is 4.29. The van der Waals surface area contributed by atoms with Crippen molar-refractivity contribution in [1.29, 1.82) is 0 Å². The van der Waals surface area contributed by atoms with Crippen LogP contribution in [0.1, 0.15) is 0 Å². The average molecular weight is 405 g/mol. The fraction of sp³-hybridized carbons (Fsp3) is 0.188. The van der Waals surface area contributed by atoms with Crippen LogP contribution in [0.15, 0.2) is 41.3 Å². The van der Waals surface area contributed by atoms with Gasteiger partial charge in [-0.2, -0.15) is 4.31 Å². The highest BCUT2D eigenvalue weighted by atomic mass is 35.5. The maximum Gasteiger partial charge on any atom is 0.247 e. The van der Waals surface area contributed by atoms with Crippen LogP contribution in [0.4, 0.5) is 14.5 Å². The molecule has 2 rings (SSSR count). The zero-order valence-corrected chi connectivity index (χ0v) is 15.4. The van der Waals surface area contributed by atoms with Crippen molar-refractivity contribution in [3.63, 3.8) is 0 Å². The normalized spacial score (nSPS) is 11.5. The number of amides is 1. The van der Waals surface area contributed by atoms with Crippen LogP contribution < -0.4 is 10.1 Å². The van der Waals surface area contributed by atoms with Gasteiger partial charge in [-0.1, -0.05) is 17.7 Å². The van der Waals surface area contributed by atoms with Gasteiger partial charge in [0.25, 0.3) is 0 Å². The number of ether oxygens (including phenoxy) is 1. The van der Waals surface area contributed by atoms with Gasteiger partial charge in [0.15, 0.2) is 0 Å². The Morgan fingerprint density at radius 3 is 2.42 bits per heavy atom. The Labute approximate surface area is 154 Å². The van der Waals surface area contributed by atoms with Gasteiger partial charge in [-0.3, -0.25) is 4.79 Å². The Bertz CT molecular complexity index is 918. The van der Waals surface area contributed by atoms with Gasteiger partial charge in [0.05, 0.1) is 13.7 Å². The number of carbonyl (C=O) groups is 1. The zero-order valence-electron chi connectivity index (χ0n) is 13.8. The molecule has 6 nitrogen and oxygen atoms in total. The molecule has 0 aliphatic heterocycles. The molecule has 0 atom stereocenters. The van der Waals surface area contributed by atoms with Gasteiger partial charge < -0.3 is 10.1 Å². The van der Waals surface area contributed by atoms with Crippen LogP contribution in [0.3, 0.4) is 0 Å². The largest absolute Gasteiger partial charge is 0.495 e. The summed E-state index contributed by atoms with van der Waals surface area (Å²) < 4.78 is 58.2. The minimum atomic E-state index is -4.14. The quantitative estimate of drug-likeness (QED) is 0.803. The molecule has 0 fully saturated rings. The first-order valence-corrected chi connectivity index (χ1v) is 9.02. The second kappa shape index (κ2) is 7.98. The summed E-state index contributed by atoms with van der Waals surface area (Å²) in [5.74, 6) is -2.82. The van der Waals surface area contributed by atoms with E-state index in [1.807, 2.05) is 5.32 Å². The summed E-state index contributed by atoms with van der Waals surface area (Å²) in [5.41, 5.74) is -0.649. The molecule has 0 saturated heterocycles. The molecule has 1 N–H and O–H groups in total. The Hall–Kier alpha value is -2.23. The van der Waals surface area contributed by atoms with Gasteiger partial charge in [0.1, 0.15) is 28.0 Å². The molecule has 2 aromatic rings. The number of anilines is 1. The number of para-hydroxylation sites is 1. The van der Waals surface area contributed by atoms with Crippen LogP contribution in [0.25, 0.3) is 0 Å². The van der Waals surface area contributed by atoms with Gasteiger partial charge in [-0.15, -0.1) is 0 Å². The molecule has 0 saturated carbocycles. The van der Waals surface area contributed by atoms with Crippen molar-refractivity contribution in [2.75, 3.05) is 26.0 Å². The molecule has 0 spiro atoms. The zero-order chi connectivity index (χ0) is 19.5. The summed E-state index contributed by atoms with van der Waals surface area (Å²) in [7, 11) is -1.70. The number of hydrogen-bond donors (Lipinski definition) is 1. The van der Waals surface area contributed by atoms with Crippen LogP contribution >= 0.6 is 11.6 Å². The molecule has 0 aliphatic carbocycles. The first-order chi connectivity index (χ1) is 12.2. The standard InChI is InChI=1S/C16H15ClF2N2O4S/c1-21(9-15(22)20-16-11(18)4-3-5-12(16)19)26(23,24)14-8-10(17)6-7-13(14)25-2/h3-8H,9H2,1-2H3,(H,20,22). The smallest absolute Gasteiger partial charge is 0.247 e. The molecule has 26 heavy (non-hydrogen) atoms. The van der Waals surface area contributed by atoms with Crippen molar-refractivity contribution in [2.45, 2.75) is 4.90 Å². The third-order valence-electron chi connectivity index (χ3n) is 3.41. The number of nitrogens with zero attached hydrogens (tertiary/aromatic N) is 1. The lowest BCUT2D eigenvalue weighted by Gasteiger charge is -2.19. The summed E-state index contributed by atoms with van der Waals surface area (Å²) in [5, 5.41) is 2.18. The number of sulfonamides is 1. The molecular weight excluding hydrogens is 390 g/mol. The van der Waals surface area contributed by atoms with E-state index in [9.17, 15) is 22.0 Å². The number of rotatable bonds is 6. The molecular formula is C16H15ClF2N2O4S. The van der Waals surface area contributed by atoms with E-state index in [2.05, 4.69) is 0 Å². The van der Waals surface area contributed by atoms with E-state index < -0.39 is 39.8 Å². The predicted molar refractivity (Wildman–Crippen MR) is 92.8 cm³/mol. The van der Waals surface area contributed by atoms with E-state index in [0.717, 1.165) is 29.6 Å². The van der Waals surface area contributed by atoms with Gasteiger partial charge in [-0.05, 0) is 30.3 Å². The van der Waals surface area contributed by atoms with Gasteiger partial charge in [0, 0.05) is 12.1 Å². The SMILES string of the molecule is COc1ccc(Cl)cc1S(=O)(=O)N(C)CC(=O)Nc1c(F)cccc1F. The number of benzene rings is 2. The second-order valence-electron chi connectivity index (χ2n) is 5.20. The van der Waals surface area contributed by atoms with Gasteiger partial charge in [-0.25, -0.2) is 17.2 Å². The van der Waals surface area contributed by atoms with E-state index >= 15 is 0 Å². The van der Waals surface area contributed by atoms with E-state index in [0.29, 0.717) is 0 Å². The van der Waals surface area contributed by atoms with Gasteiger partial charge >= 0.3 is 0 Å². The van der Waals surface area contributed by atoms with E-state index in [4.69, 9.17) is 16.3 Å². The minimum absolute atomic E-state index is 0.0433. The summed E-state index contributed by atoms with van der Waals surface area (Å²) in [6.45, 7) is -0.675. The van der Waals surface area contributed by atoms with Gasteiger partial charge in [0.2, 0.25) is 15.9 Å². The number of carbonyl (C=O) groups excluding carboxylic acids is 1. The minimum Gasteiger partial charge on any atom is -0.495 e. The summed E-state index contributed by atoms with van der Waals surface area (Å²) in [4.78, 5) is 11.8. The molecule has 2 aromatic carbocycles. The van der Waals surface area contributed by atoms with Crippen LogP contribution in [0.5, 0.6) is 5.75 Å². The third-order valence-corrected chi connectivity index (χ3v) is 5.47. The lowest BCUT2D eigenvalue weighted by Crippen LogP contribution is -2.35. The van der Waals surface area contributed by atoms with E-state index in [-0.39, 0.29) is 15.7 Å². The number of nitrogens with one attached hydrogen (secondary N) is 1. The van der Waals surface area contributed by atoms with E-state index in [1.54, 1.807) is 0 Å². The molecule has 0 heterocycles. The fourth-order valence-corrected chi connectivity index (χ4v) is 3.64. The topological polar surface area (TPSA) is 75.7 Å². The Morgan fingerprint density at radius 1 is 1.23 bits per heavy atom. The molecule has 0 aromatic heterocycles. The lowest BCUT2D eigenvalue weighted by molar-refractivity contribution is -0.116. The summed E-state index contributed by atoms with van der Waals surface area (Å²) in [6.07, 6.45) is 0. The fourth-order valence-electron chi connectivity index (χ4n) is 2.10. The highest BCUT2D eigenvalue weighted by Gasteiger charge is 2.27. The van der Waals surface area contributed by atoms with Crippen molar-refractivity contribution < 1.29 is 26.7 Å². The molecule has 0 unspecified atom stereocenters. The number of likely N-dealkylation sites (N-methyl/N-ethyl adjacent to an activating group) is 1. The molecule has 0 aliphatic rings. The average Bonchev–Trinajstić information content (AvgIpc) is 2.58. The lowest BCUT2D eigenvalue weighted by atomic mass is 10.3. The highest BCUT2D eigenvalue weighted by molar-refractivity contribution is 7.89. The maximum atomic E-state index is 13.6. The molecule has 0 radical (unpaired) electrons. The summed E-state index contributed by atoms with van der Waals surface area (Å²) in [6, 6.07) is 7.08. The molecule has 140 valence electrons. The molecule has 0 bridgehead atoms. The Balaban J connectivity index is 2.22. The first-order valence-electron chi connectivity index (χ1n) is 7.20. The van der Waals surface area contributed by atoms with Crippen molar-refractivity contribution in [2.24, 2.45) is 0 Å². The molecule has 1 amide bonds. The Morgan fingerprint density at radius 2 is 1.85 bits per heavy atom. The summed E-state index contributed by atoms with van der Waals surface area (Å²) >= 11 is 5.83. The van der Waals surface area contributed by atoms with Crippen molar-refractivity contribution in [3.05, 3.63) is 53.1 Å². The number of hydrogen-bond acceptors (Lipinski definition) is 4.